The quantitative estimate of drug-likeness (QED) is 0.747. The summed E-state index contributed by atoms with van der Waals surface area (Å²) in [5.41, 5.74) is 6.43. The van der Waals surface area contributed by atoms with E-state index in [0.717, 1.165) is 12.8 Å². The van der Waals surface area contributed by atoms with Gasteiger partial charge in [0.1, 0.15) is 0 Å². The number of hydrogen-bond acceptors (Lipinski definition) is 3. The zero-order chi connectivity index (χ0) is 13.7. The Hall–Kier alpha value is -1.59. The van der Waals surface area contributed by atoms with E-state index in [2.05, 4.69) is 10.6 Å². The molecule has 1 aromatic rings. The summed E-state index contributed by atoms with van der Waals surface area (Å²) in [5, 5.41) is 5.68. The van der Waals surface area contributed by atoms with Gasteiger partial charge >= 0.3 is 0 Å². The van der Waals surface area contributed by atoms with Gasteiger partial charge in [-0.25, -0.2) is 0 Å². The van der Waals surface area contributed by atoms with Crippen molar-refractivity contribution in [2.75, 3.05) is 11.9 Å². The smallest absolute Gasteiger partial charge is 0.253 e. The summed E-state index contributed by atoms with van der Waals surface area (Å²) in [4.78, 5) is 23.7. The highest BCUT2D eigenvalue weighted by Gasteiger charge is 2.24. The van der Waals surface area contributed by atoms with Gasteiger partial charge in [0.25, 0.3) is 5.91 Å². The number of anilines is 1. The number of halogens is 1. The van der Waals surface area contributed by atoms with E-state index in [-0.39, 0.29) is 24.2 Å². The molecular weight excluding hydrogens is 278 g/mol. The van der Waals surface area contributed by atoms with Crippen molar-refractivity contribution in [3.63, 3.8) is 0 Å². The highest BCUT2D eigenvalue weighted by molar-refractivity contribution is 6.03. The minimum Gasteiger partial charge on any atom is -0.349 e. The molecule has 110 valence electrons. The van der Waals surface area contributed by atoms with Crippen molar-refractivity contribution in [2.45, 2.75) is 31.7 Å². The molecule has 4 N–H and O–H groups in total. The van der Waals surface area contributed by atoms with Crippen molar-refractivity contribution in [3.8, 4) is 0 Å². The summed E-state index contributed by atoms with van der Waals surface area (Å²) in [6.45, 7) is 0.483. The lowest BCUT2D eigenvalue weighted by Gasteiger charge is -2.10. The maximum Gasteiger partial charge on any atom is 0.253 e. The molecule has 0 radical (unpaired) electrons. The summed E-state index contributed by atoms with van der Waals surface area (Å²) < 4.78 is 0. The summed E-state index contributed by atoms with van der Waals surface area (Å²) in [6.07, 6.45) is 3.09. The van der Waals surface area contributed by atoms with Crippen LogP contribution < -0.4 is 16.4 Å². The average molecular weight is 298 g/mol. The van der Waals surface area contributed by atoms with Gasteiger partial charge in [-0.15, -0.1) is 12.4 Å². The van der Waals surface area contributed by atoms with E-state index in [1.54, 1.807) is 24.3 Å². The van der Waals surface area contributed by atoms with E-state index in [9.17, 15) is 9.59 Å². The molecule has 1 saturated carbocycles. The first-order valence-electron chi connectivity index (χ1n) is 6.60. The van der Waals surface area contributed by atoms with E-state index in [1.165, 1.54) is 0 Å². The molecule has 0 spiro atoms. The molecule has 0 atom stereocenters. The minimum absolute atomic E-state index is 0. The molecule has 1 aliphatic rings. The van der Waals surface area contributed by atoms with E-state index in [4.69, 9.17) is 5.73 Å². The van der Waals surface area contributed by atoms with E-state index < -0.39 is 0 Å². The van der Waals surface area contributed by atoms with Gasteiger partial charge in [0, 0.05) is 12.5 Å². The van der Waals surface area contributed by atoms with E-state index in [1.807, 2.05) is 0 Å². The molecule has 2 rings (SSSR count). The number of rotatable bonds is 6. The Morgan fingerprint density at radius 2 is 1.95 bits per heavy atom. The van der Waals surface area contributed by atoms with Crippen molar-refractivity contribution >= 4 is 29.9 Å². The normalized spacial score (nSPS) is 13.2. The Morgan fingerprint density at radius 1 is 1.25 bits per heavy atom. The molecule has 0 aromatic heterocycles. The van der Waals surface area contributed by atoms with Crippen LogP contribution in [0.15, 0.2) is 24.3 Å². The molecule has 1 aliphatic carbocycles. The number of nitrogens with one attached hydrogen (secondary N) is 2. The molecular formula is C14H20ClN3O2. The van der Waals surface area contributed by atoms with Crippen LogP contribution in [0, 0.1) is 0 Å². The van der Waals surface area contributed by atoms with Crippen LogP contribution in [-0.2, 0) is 4.79 Å². The predicted molar refractivity (Wildman–Crippen MR) is 81.1 cm³/mol. The second-order valence-electron chi connectivity index (χ2n) is 4.73. The van der Waals surface area contributed by atoms with Crippen LogP contribution in [0.25, 0.3) is 0 Å². The second kappa shape index (κ2) is 7.87. The topological polar surface area (TPSA) is 84.2 Å². The molecule has 5 nitrogen and oxygen atoms in total. The Kier molecular flexibility index (Phi) is 6.48. The maximum absolute atomic E-state index is 12.0. The Morgan fingerprint density at radius 3 is 2.60 bits per heavy atom. The number of para-hydroxylation sites is 1. The van der Waals surface area contributed by atoms with Crippen LogP contribution >= 0.6 is 12.4 Å². The van der Waals surface area contributed by atoms with Crippen LogP contribution in [0.4, 0.5) is 5.69 Å². The largest absolute Gasteiger partial charge is 0.349 e. The van der Waals surface area contributed by atoms with Gasteiger partial charge in [0.15, 0.2) is 0 Å². The molecule has 1 aromatic carbocycles. The summed E-state index contributed by atoms with van der Waals surface area (Å²) >= 11 is 0. The van der Waals surface area contributed by atoms with Gasteiger partial charge in [-0.3, -0.25) is 9.59 Å². The molecule has 0 unspecified atom stereocenters. The summed E-state index contributed by atoms with van der Waals surface area (Å²) in [5.74, 6) is -0.241. The van der Waals surface area contributed by atoms with Crippen LogP contribution in [0.5, 0.6) is 0 Å². The first-order chi connectivity index (χ1) is 9.20. The molecule has 0 bridgehead atoms. The van der Waals surface area contributed by atoms with Crippen molar-refractivity contribution in [3.05, 3.63) is 29.8 Å². The Balaban J connectivity index is 0.00000200. The van der Waals surface area contributed by atoms with Crippen molar-refractivity contribution < 1.29 is 9.59 Å². The van der Waals surface area contributed by atoms with Crippen LogP contribution in [0.2, 0.25) is 0 Å². The van der Waals surface area contributed by atoms with E-state index >= 15 is 0 Å². The van der Waals surface area contributed by atoms with Crippen molar-refractivity contribution in [1.29, 1.82) is 0 Å². The van der Waals surface area contributed by atoms with Gasteiger partial charge in [-0.1, -0.05) is 12.1 Å². The van der Waals surface area contributed by atoms with Gasteiger partial charge < -0.3 is 16.4 Å². The van der Waals surface area contributed by atoms with E-state index in [0.29, 0.717) is 36.7 Å². The minimum atomic E-state index is -0.128. The number of hydrogen-bond donors (Lipinski definition) is 3. The highest BCUT2D eigenvalue weighted by Crippen LogP contribution is 2.21. The molecule has 0 aliphatic heterocycles. The molecule has 2 amide bonds. The lowest BCUT2D eigenvalue weighted by molar-refractivity contribution is -0.116. The van der Waals surface area contributed by atoms with Crippen LogP contribution in [-0.4, -0.2) is 24.4 Å². The van der Waals surface area contributed by atoms with Gasteiger partial charge in [0.2, 0.25) is 5.91 Å². The number of carbonyl (C=O) groups excluding carboxylic acids is 2. The number of benzene rings is 1. The predicted octanol–water partition coefficient (Wildman–Crippen LogP) is 1.68. The molecule has 20 heavy (non-hydrogen) atoms. The first kappa shape index (κ1) is 16.5. The number of nitrogens with two attached hydrogens (primary N) is 1. The van der Waals surface area contributed by atoms with Gasteiger partial charge in [-0.05, 0) is 37.9 Å². The zero-order valence-corrected chi connectivity index (χ0v) is 12.0. The number of carbonyl (C=O) groups is 2. The second-order valence-corrected chi connectivity index (χ2v) is 4.73. The van der Waals surface area contributed by atoms with Crippen molar-refractivity contribution in [2.24, 2.45) is 5.73 Å². The fourth-order valence-electron chi connectivity index (χ4n) is 1.76. The molecule has 1 fully saturated rings. The van der Waals surface area contributed by atoms with Crippen molar-refractivity contribution in [1.82, 2.24) is 5.32 Å². The number of amides is 2. The standard InChI is InChI=1S/C14H19N3O2.ClH/c15-9-3-6-13(18)17-12-5-2-1-4-11(12)14(19)16-10-7-8-10;/h1-2,4-5,10H,3,6-9,15H2,(H,16,19)(H,17,18);1H. The average Bonchev–Trinajstić information content (AvgIpc) is 3.21. The fourth-order valence-corrected chi connectivity index (χ4v) is 1.76. The molecule has 6 heteroatoms. The third-order valence-electron chi connectivity index (χ3n) is 2.97. The lowest BCUT2D eigenvalue weighted by atomic mass is 10.1. The lowest BCUT2D eigenvalue weighted by Crippen LogP contribution is -2.27. The third-order valence-corrected chi connectivity index (χ3v) is 2.97. The zero-order valence-electron chi connectivity index (χ0n) is 11.2. The summed E-state index contributed by atoms with van der Waals surface area (Å²) in [7, 11) is 0. The maximum atomic E-state index is 12.0. The molecule has 0 saturated heterocycles. The van der Waals surface area contributed by atoms with Gasteiger partial charge in [-0.2, -0.15) is 0 Å². The highest BCUT2D eigenvalue weighted by atomic mass is 35.5. The molecule has 0 heterocycles. The van der Waals surface area contributed by atoms with Crippen LogP contribution in [0.1, 0.15) is 36.0 Å². The fraction of sp³-hybridized carbons (Fsp3) is 0.429. The van der Waals surface area contributed by atoms with Crippen LogP contribution in [0.3, 0.4) is 0 Å². The third kappa shape index (κ3) is 4.83. The SMILES string of the molecule is Cl.NCCCC(=O)Nc1ccccc1C(=O)NC1CC1. The monoisotopic (exact) mass is 297 g/mol. The Labute approximate surface area is 124 Å². The first-order valence-corrected chi connectivity index (χ1v) is 6.60. The summed E-state index contributed by atoms with van der Waals surface area (Å²) in [6, 6.07) is 7.34. The Bertz CT molecular complexity index is 475. The van der Waals surface area contributed by atoms with Gasteiger partial charge in [0.05, 0.1) is 11.3 Å².